The molecule has 1 aromatic heterocycles. The van der Waals surface area contributed by atoms with Gasteiger partial charge in [-0.15, -0.1) is 0 Å². The minimum atomic E-state index is -2.24. The quantitative estimate of drug-likeness (QED) is 0.411. The summed E-state index contributed by atoms with van der Waals surface area (Å²) in [6, 6.07) is 12.3. The van der Waals surface area contributed by atoms with Gasteiger partial charge in [0, 0.05) is 0 Å². The number of nitrogens with two attached hydrogens (primary N) is 1. The first-order valence-corrected chi connectivity index (χ1v) is 16.7. The maximum atomic E-state index is 7.83. The van der Waals surface area contributed by atoms with Gasteiger partial charge in [0.15, 0.2) is 0 Å². The summed E-state index contributed by atoms with van der Waals surface area (Å²) in [5, 5.41) is 10.0. The zero-order valence-corrected chi connectivity index (χ0v) is 14.8. The van der Waals surface area contributed by atoms with Gasteiger partial charge >= 0.3 is 122 Å². The van der Waals surface area contributed by atoms with E-state index in [4.69, 9.17) is 15.6 Å². The molecule has 0 aliphatic heterocycles. The molecule has 0 bridgehead atoms. The van der Waals surface area contributed by atoms with Crippen LogP contribution in [0.4, 0.5) is 0 Å². The molecule has 4 heteroatoms. The van der Waals surface area contributed by atoms with Gasteiger partial charge in [0.2, 0.25) is 0 Å². The first kappa shape index (κ1) is 13.5. The van der Waals surface area contributed by atoms with Crippen molar-refractivity contribution in [3.8, 4) is 0 Å². The molecule has 3 aromatic rings. The Balaban J connectivity index is 2.48. The fourth-order valence-corrected chi connectivity index (χ4v) is 5.76. The molecule has 0 unspecified atom stereocenters. The number of rotatable bonds is 2. The van der Waals surface area contributed by atoms with Gasteiger partial charge < -0.3 is 0 Å². The van der Waals surface area contributed by atoms with E-state index in [0.717, 1.165) is 27.5 Å². The van der Waals surface area contributed by atoms with Gasteiger partial charge in [-0.1, -0.05) is 0 Å². The molecule has 3 rings (SSSR count). The monoisotopic (exact) mass is 374 g/mol. The van der Waals surface area contributed by atoms with Crippen molar-refractivity contribution in [2.24, 2.45) is 5.73 Å². The molecule has 3 N–H and O–H groups in total. The van der Waals surface area contributed by atoms with Gasteiger partial charge in [-0.05, 0) is 0 Å². The van der Waals surface area contributed by atoms with Gasteiger partial charge in [-0.2, -0.15) is 0 Å². The Morgan fingerprint density at radius 3 is 2.45 bits per heavy atom. The molecule has 0 saturated heterocycles. The molecule has 1 heterocycles. The third kappa shape index (κ3) is 2.10. The number of nitrogens with one attached hydrogen (secondary N) is 1. The van der Waals surface area contributed by atoms with Crippen LogP contribution in [0.15, 0.2) is 40.8 Å². The molecule has 0 atom stereocenters. The summed E-state index contributed by atoms with van der Waals surface area (Å²) in [7, 11) is 0. The third-order valence-corrected chi connectivity index (χ3v) is 9.40. The number of benzene rings is 2. The van der Waals surface area contributed by atoms with Crippen LogP contribution in [0.25, 0.3) is 21.9 Å². The second-order valence-electron chi connectivity index (χ2n) is 6.16. The van der Waals surface area contributed by atoms with Crippen LogP contribution in [0.5, 0.6) is 0 Å². The topological polar surface area (TPSA) is 63.0 Å². The average Bonchev–Trinajstić information content (AvgIpc) is 2.74. The molecule has 20 heavy (non-hydrogen) atoms. The van der Waals surface area contributed by atoms with E-state index in [9.17, 15) is 0 Å². The van der Waals surface area contributed by atoms with Crippen molar-refractivity contribution in [2.75, 3.05) is 0 Å². The van der Waals surface area contributed by atoms with Gasteiger partial charge in [-0.25, -0.2) is 0 Å². The Kier molecular flexibility index (Phi) is 3.05. The van der Waals surface area contributed by atoms with E-state index < -0.39 is 18.4 Å². The summed E-state index contributed by atoms with van der Waals surface area (Å²) in [6.45, 7) is 0. The van der Waals surface area contributed by atoms with E-state index >= 15 is 0 Å². The molecule has 0 amide bonds. The number of furan rings is 1. The number of nitrogen functional groups attached to an aromatic ring is 1. The normalized spacial score (nSPS) is 12.2. The molecular formula is C16H18N2OSn. The molecule has 3 nitrogen and oxygen atoms in total. The van der Waals surface area contributed by atoms with Crippen molar-refractivity contribution in [1.82, 2.24) is 0 Å². The van der Waals surface area contributed by atoms with Gasteiger partial charge in [0.25, 0.3) is 0 Å². The van der Waals surface area contributed by atoms with Crippen molar-refractivity contribution in [3.05, 3.63) is 42.0 Å². The Labute approximate surface area is 122 Å². The summed E-state index contributed by atoms with van der Waals surface area (Å²) in [4.78, 5) is 7.09. The molecule has 0 aliphatic rings. The van der Waals surface area contributed by atoms with E-state index in [2.05, 4.69) is 33.0 Å². The van der Waals surface area contributed by atoms with Crippen LogP contribution in [0.3, 0.4) is 0 Å². The molecule has 0 radical (unpaired) electrons. The molecule has 102 valence electrons. The molecule has 0 fully saturated rings. The van der Waals surface area contributed by atoms with Crippen molar-refractivity contribution < 1.29 is 4.42 Å². The standard InChI is InChI=1S/C13H9N2O.3CH3.Sn/c14-13(15)10-6-3-5-9-8-4-1-2-7-11(8)16-12(9)10;;;;/h1-2,4-7H,(H3,14,15);3*1H3;. The van der Waals surface area contributed by atoms with Crippen molar-refractivity contribution in [1.29, 1.82) is 5.41 Å². The van der Waals surface area contributed by atoms with E-state index in [-0.39, 0.29) is 5.84 Å². The van der Waals surface area contributed by atoms with E-state index in [1.807, 2.05) is 18.2 Å². The fourth-order valence-electron chi connectivity index (χ4n) is 2.46. The van der Waals surface area contributed by atoms with Crippen LogP contribution in [0, 0.1) is 5.41 Å². The van der Waals surface area contributed by atoms with Crippen molar-refractivity contribution >= 4 is 49.7 Å². The Morgan fingerprint density at radius 1 is 1.10 bits per heavy atom. The minimum absolute atomic E-state index is 0.0754. The number of amidine groups is 1. The number of hydrogen-bond donors (Lipinski definition) is 2. The van der Waals surface area contributed by atoms with Crippen LogP contribution in [0.2, 0.25) is 14.8 Å². The molecule has 0 spiro atoms. The van der Waals surface area contributed by atoms with E-state index in [0.29, 0.717) is 0 Å². The zero-order valence-electron chi connectivity index (χ0n) is 11.9. The van der Waals surface area contributed by atoms with E-state index in [1.54, 1.807) is 0 Å². The van der Waals surface area contributed by atoms with Gasteiger partial charge in [-0.3, -0.25) is 0 Å². The van der Waals surface area contributed by atoms with Gasteiger partial charge in [0.1, 0.15) is 0 Å². The summed E-state index contributed by atoms with van der Waals surface area (Å²) in [5.41, 5.74) is 8.07. The maximum absolute atomic E-state index is 7.83. The van der Waals surface area contributed by atoms with Crippen LogP contribution < -0.4 is 9.31 Å². The predicted octanol–water partition coefficient (Wildman–Crippen LogP) is 3.42. The molecule has 0 saturated carbocycles. The van der Waals surface area contributed by atoms with Crippen LogP contribution >= 0.6 is 0 Å². The Bertz CT molecular complexity index is 827. The van der Waals surface area contributed by atoms with E-state index in [1.165, 1.54) is 3.58 Å². The molecule has 2 aromatic carbocycles. The molecular weight excluding hydrogens is 355 g/mol. The Morgan fingerprint density at radius 2 is 1.80 bits per heavy atom. The fraction of sp³-hybridized carbons (Fsp3) is 0.188. The average molecular weight is 373 g/mol. The van der Waals surface area contributed by atoms with Crippen LogP contribution in [-0.4, -0.2) is 24.2 Å². The predicted molar refractivity (Wildman–Crippen MR) is 87.7 cm³/mol. The Hall–Kier alpha value is -1.49. The van der Waals surface area contributed by atoms with Crippen LogP contribution in [-0.2, 0) is 0 Å². The van der Waals surface area contributed by atoms with Crippen molar-refractivity contribution in [3.63, 3.8) is 0 Å². The van der Waals surface area contributed by atoms with Gasteiger partial charge in [0.05, 0.1) is 0 Å². The zero-order chi connectivity index (χ0) is 14.5. The third-order valence-electron chi connectivity index (χ3n) is 3.63. The summed E-state index contributed by atoms with van der Waals surface area (Å²) in [5.74, 6) is 0.0754. The van der Waals surface area contributed by atoms with Crippen molar-refractivity contribution in [2.45, 2.75) is 14.8 Å². The summed E-state index contributed by atoms with van der Waals surface area (Å²) < 4.78 is 7.28. The second-order valence-corrected chi connectivity index (χ2v) is 20.7. The van der Waals surface area contributed by atoms with Crippen LogP contribution in [0.1, 0.15) is 5.56 Å². The number of fused-ring (bicyclic) bond motifs is 3. The SMILES string of the molecule is [CH3][Sn]([CH3])([CH3])[c]1cc(C(=N)N)c2oc3ccccc3c2c1. The first-order chi connectivity index (χ1) is 9.38. The summed E-state index contributed by atoms with van der Waals surface area (Å²) in [6.07, 6.45) is 0. The number of hydrogen-bond acceptors (Lipinski definition) is 2. The second kappa shape index (κ2) is 4.52. The molecule has 0 aliphatic carbocycles. The summed E-state index contributed by atoms with van der Waals surface area (Å²) >= 11 is -2.24. The first-order valence-electron chi connectivity index (χ1n) is 6.68. The number of para-hydroxylation sites is 1.